The molecule has 90 valence electrons. The number of likely N-dealkylation sites (N-methyl/N-ethyl adjacent to an activating group) is 1. The second kappa shape index (κ2) is 4.12. The zero-order valence-electron chi connectivity index (χ0n) is 9.50. The molecule has 0 aliphatic carbocycles. The first kappa shape index (κ1) is 10.7. The Morgan fingerprint density at radius 3 is 3.29 bits per heavy atom. The number of ether oxygens (including phenoxy) is 1. The Hall–Kier alpha value is -1.40. The largest absolute Gasteiger partial charge is 0.379 e. The zero-order valence-corrected chi connectivity index (χ0v) is 10.3. The predicted molar refractivity (Wildman–Crippen MR) is 66.1 cm³/mol. The fraction of sp³-hybridized carbons (Fsp3) is 0.455. The number of aldehydes is 1. The van der Waals surface area contributed by atoms with Crippen LogP contribution in [-0.2, 0) is 4.74 Å². The molecule has 5 nitrogen and oxygen atoms in total. The van der Waals surface area contributed by atoms with E-state index in [1.165, 1.54) is 11.3 Å². The molecule has 0 radical (unpaired) electrons. The Bertz CT molecular complexity index is 542. The number of imidazole rings is 1. The van der Waals surface area contributed by atoms with Crippen molar-refractivity contribution in [3.05, 3.63) is 17.3 Å². The molecule has 0 spiro atoms. The molecule has 0 amide bonds. The Morgan fingerprint density at radius 1 is 1.71 bits per heavy atom. The van der Waals surface area contributed by atoms with Gasteiger partial charge in [-0.15, -0.1) is 11.3 Å². The smallest absolute Gasteiger partial charge is 0.196 e. The maximum atomic E-state index is 11.2. The van der Waals surface area contributed by atoms with Crippen LogP contribution in [-0.4, -0.2) is 42.0 Å². The molecule has 0 N–H and O–H groups in total. The molecule has 0 aromatic carbocycles. The van der Waals surface area contributed by atoms with Gasteiger partial charge in [0.1, 0.15) is 5.69 Å². The summed E-state index contributed by atoms with van der Waals surface area (Å²) in [5.74, 6) is 0.752. The summed E-state index contributed by atoms with van der Waals surface area (Å²) in [5.41, 5.74) is 0.621. The lowest BCUT2D eigenvalue weighted by Gasteiger charge is -2.23. The quantitative estimate of drug-likeness (QED) is 0.774. The summed E-state index contributed by atoms with van der Waals surface area (Å²) in [4.78, 5) is 18.6. The number of hydrogen-bond acceptors (Lipinski definition) is 5. The lowest BCUT2D eigenvalue weighted by molar-refractivity contribution is 0.111. The summed E-state index contributed by atoms with van der Waals surface area (Å²) in [6, 6.07) is 0.318. The van der Waals surface area contributed by atoms with Gasteiger partial charge in [0, 0.05) is 25.2 Å². The minimum absolute atomic E-state index is 0.318. The summed E-state index contributed by atoms with van der Waals surface area (Å²) in [6.45, 7) is 1.49. The Kier molecular flexibility index (Phi) is 2.60. The van der Waals surface area contributed by atoms with Crippen LogP contribution in [0, 0.1) is 0 Å². The van der Waals surface area contributed by atoms with Gasteiger partial charge in [-0.3, -0.25) is 9.20 Å². The highest BCUT2D eigenvalue weighted by Crippen LogP contribution is 2.25. The number of nitrogens with zero attached hydrogens (tertiary/aromatic N) is 3. The monoisotopic (exact) mass is 251 g/mol. The predicted octanol–water partition coefficient (Wildman–Crippen LogP) is 1.43. The molecule has 17 heavy (non-hydrogen) atoms. The molecule has 1 aliphatic rings. The summed E-state index contributed by atoms with van der Waals surface area (Å²) in [5, 5.41) is 1.93. The van der Waals surface area contributed by atoms with Crippen LogP contribution in [0.15, 0.2) is 11.6 Å². The first-order chi connectivity index (χ1) is 8.31. The fourth-order valence-corrected chi connectivity index (χ4v) is 2.88. The standard InChI is InChI=1S/C11H13N3O2S/c1-13(8-2-4-16-7-8)10-9(6-15)14-3-5-17-11(14)12-10/h3,5-6,8H,2,4,7H2,1H3. The van der Waals surface area contributed by atoms with Gasteiger partial charge >= 0.3 is 0 Å². The summed E-state index contributed by atoms with van der Waals surface area (Å²) < 4.78 is 7.20. The van der Waals surface area contributed by atoms with Gasteiger partial charge in [-0.05, 0) is 6.42 Å². The summed E-state index contributed by atoms with van der Waals surface area (Å²) >= 11 is 1.53. The van der Waals surface area contributed by atoms with Gasteiger partial charge in [-0.25, -0.2) is 4.98 Å². The van der Waals surface area contributed by atoms with Crippen LogP contribution in [0.4, 0.5) is 5.82 Å². The molecule has 1 saturated heterocycles. The van der Waals surface area contributed by atoms with Crippen LogP contribution >= 0.6 is 11.3 Å². The van der Waals surface area contributed by atoms with E-state index in [4.69, 9.17) is 4.74 Å². The molecule has 0 saturated carbocycles. The Balaban J connectivity index is 2.03. The number of rotatable bonds is 3. The maximum Gasteiger partial charge on any atom is 0.196 e. The lowest BCUT2D eigenvalue weighted by Crippen LogP contribution is -2.32. The van der Waals surface area contributed by atoms with Gasteiger partial charge in [0.25, 0.3) is 0 Å². The molecule has 3 heterocycles. The molecule has 2 aromatic heterocycles. The molecule has 1 atom stereocenters. The first-order valence-electron chi connectivity index (χ1n) is 5.52. The van der Waals surface area contributed by atoms with Gasteiger partial charge in [0.05, 0.1) is 12.6 Å². The summed E-state index contributed by atoms with van der Waals surface area (Å²) in [6.07, 6.45) is 3.73. The van der Waals surface area contributed by atoms with E-state index in [1.54, 1.807) is 0 Å². The van der Waals surface area contributed by atoms with E-state index in [2.05, 4.69) is 9.88 Å². The van der Waals surface area contributed by atoms with Crippen LogP contribution in [0.3, 0.4) is 0 Å². The molecule has 2 aromatic rings. The third-order valence-corrected chi connectivity index (χ3v) is 3.94. The van der Waals surface area contributed by atoms with Crippen LogP contribution in [0.25, 0.3) is 4.96 Å². The van der Waals surface area contributed by atoms with E-state index in [0.717, 1.165) is 30.1 Å². The van der Waals surface area contributed by atoms with Gasteiger partial charge < -0.3 is 9.64 Å². The fourth-order valence-electron chi connectivity index (χ4n) is 2.16. The van der Waals surface area contributed by atoms with E-state index in [1.807, 2.05) is 23.0 Å². The number of thiazole rings is 1. The topological polar surface area (TPSA) is 46.8 Å². The van der Waals surface area contributed by atoms with Crippen molar-refractivity contribution in [2.75, 3.05) is 25.2 Å². The number of aromatic nitrogens is 2. The molecule has 1 unspecified atom stereocenters. The van der Waals surface area contributed by atoms with Crippen molar-refractivity contribution in [2.45, 2.75) is 12.5 Å². The van der Waals surface area contributed by atoms with Crippen molar-refractivity contribution in [1.82, 2.24) is 9.38 Å². The van der Waals surface area contributed by atoms with E-state index in [0.29, 0.717) is 18.3 Å². The molecule has 3 rings (SSSR count). The number of hydrogen-bond donors (Lipinski definition) is 0. The molecular weight excluding hydrogens is 238 g/mol. The Morgan fingerprint density at radius 2 is 2.59 bits per heavy atom. The van der Waals surface area contributed by atoms with Crippen molar-refractivity contribution in [3.63, 3.8) is 0 Å². The highest BCUT2D eigenvalue weighted by atomic mass is 32.1. The third-order valence-electron chi connectivity index (χ3n) is 3.18. The maximum absolute atomic E-state index is 11.2. The summed E-state index contributed by atoms with van der Waals surface area (Å²) in [7, 11) is 1.97. The van der Waals surface area contributed by atoms with E-state index >= 15 is 0 Å². The highest BCUT2D eigenvalue weighted by molar-refractivity contribution is 7.15. The van der Waals surface area contributed by atoms with Crippen molar-refractivity contribution in [2.24, 2.45) is 0 Å². The normalized spacial score (nSPS) is 19.9. The average Bonchev–Trinajstić information content (AvgIpc) is 3.03. The number of carbonyl (C=O) groups is 1. The van der Waals surface area contributed by atoms with Crippen molar-refractivity contribution in [1.29, 1.82) is 0 Å². The molecular formula is C11H13N3O2S. The number of carbonyl (C=O) groups excluding carboxylic acids is 1. The van der Waals surface area contributed by atoms with E-state index in [-0.39, 0.29) is 0 Å². The zero-order chi connectivity index (χ0) is 11.8. The minimum atomic E-state index is 0.318. The van der Waals surface area contributed by atoms with Crippen molar-refractivity contribution in [3.8, 4) is 0 Å². The van der Waals surface area contributed by atoms with E-state index < -0.39 is 0 Å². The first-order valence-corrected chi connectivity index (χ1v) is 6.40. The highest BCUT2D eigenvalue weighted by Gasteiger charge is 2.25. The van der Waals surface area contributed by atoms with Crippen molar-refractivity contribution >= 4 is 28.4 Å². The molecule has 6 heteroatoms. The van der Waals surface area contributed by atoms with Crippen LogP contribution in [0.1, 0.15) is 16.9 Å². The second-order valence-electron chi connectivity index (χ2n) is 4.12. The molecule has 1 fully saturated rings. The molecule has 0 bridgehead atoms. The van der Waals surface area contributed by atoms with Gasteiger partial charge in [0.2, 0.25) is 0 Å². The van der Waals surface area contributed by atoms with Crippen LogP contribution < -0.4 is 4.90 Å². The van der Waals surface area contributed by atoms with Crippen LogP contribution in [0.5, 0.6) is 0 Å². The lowest BCUT2D eigenvalue weighted by atomic mass is 10.2. The minimum Gasteiger partial charge on any atom is -0.379 e. The van der Waals surface area contributed by atoms with Gasteiger partial charge in [0.15, 0.2) is 17.1 Å². The number of anilines is 1. The van der Waals surface area contributed by atoms with Crippen LogP contribution in [0.2, 0.25) is 0 Å². The SMILES string of the molecule is CN(c1nc2sccn2c1C=O)C1CCOC1. The van der Waals surface area contributed by atoms with Gasteiger partial charge in [-0.2, -0.15) is 0 Å². The van der Waals surface area contributed by atoms with Crippen molar-refractivity contribution < 1.29 is 9.53 Å². The second-order valence-corrected chi connectivity index (χ2v) is 5.00. The molecule has 1 aliphatic heterocycles. The van der Waals surface area contributed by atoms with Gasteiger partial charge in [-0.1, -0.05) is 0 Å². The number of fused-ring (bicyclic) bond motifs is 1. The average molecular weight is 251 g/mol. The van der Waals surface area contributed by atoms with E-state index in [9.17, 15) is 4.79 Å². The Labute approximate surface area is 103 Å². The third kappa shape index (κ3) is 1.64.